The number of benzene rings is 2. The first-order valence-electron chi connectivity index (χ1n) is 8.30. The topological polar surface area (TPSA) is 23.5 Å². The molecule has 2 heteroatoms. The summed E-state index contributed by atoms with van der Waals surface area (Å²) >= 11 is 0. The van der Waals surface area contributed by atoms with Crippen LogP contribution in [-0.4, -0.2) is 29.6 Å². The van der Waals surface area contributed by atoms with Crippen LogP contribution in [-0.2, 0) is 0 Å². The van der Waals surface area contributed by atoms with Crippen LogP contribution in [0.1, 0.15) is 31.4 Å². The predicted molar refractivity (Wildman–Crippen MR) is 91.7 cm³/mol. The Morgan fingerprint density at radius 3 is 2.14 bits per heavy atom. The van der Waals surface area contributed by atoms with Gasteiger partial charge in [-0.1, -0.05) is 61.5 Å². The normalized spacial score (nSPS) is 18.3. The van der Waals surface area contributed by atoms with Gasteiger partial charge in [0.15, 0.2) is 0 Å². The molecular formula is C20H25NO. The molecule has 1 aliphatic rings. The summed E-state index contributed by atoms with van der Waals surface area (Å²) in [7, 11) is 0. The van der Waals surface area contributed by atoms with Gasteiger partial charge in [-0.25, -0.2) is 0 Å². The van der Waals surface area contributed by atoms with Gasteiger partial charge in [0.1, 0.15) is 0 Å². The lowest BCUT2D eigenvalue weighted by Gasteiger charge is -2.24. The summed E-state index contributed by atoms with van der Waals surface area (Å²) in [6, 6.07) is 18.7. The van der Waals surface area contributed by atoms with E-state index < -0.39 is 0 Å². The molecule has 0 aliphatic carbocycles. The lowest BCUT2D eigenvalue weighted by molar-refractivity contribution is 0.0946. The van der Waals surface area contributed by atoms with E-state index in [0.29, 0.717) is 0 Å². The maximum Gasteiger partial charge on any atom is 0.0827 e. The van der Waals surface area contributed by atoms with E-state index in [-0.39, 0.29) is 12.0 Å². The molecule has 2 atom stereocenters. The molecule has 1 fully saturated rings. The minimum absolute atomic E-state index is 0.265. The highest BCUT2D eigenvalue weighted by molar-refractivity contribution is 5.63. The molecule has 1 saturated heterocycles. The Labute approximate surface area is 133 Å². The van der Waals surface area contributed by atoms with Crippen molar-refractivity contribution < 1.29 is 5.11 Å². The van der Waals surface area contributed by atoms with Crippen molar-refractivity contribution in [1.82, 2.24) is 4.90 Å². The largest absolute Gasteiger partial charge is 0.388 e. The second kappa shape index (κ2) is 7.08. The van der Waals surface area contributed by atoms with Crippen molar-refractivity contribution in [2.75, 3.05) is 19.6 Å². The molecule has 2 aromatic carbocycles. The average molecular weight is 295 g/mol. The minimum atomic E-state index is -0.384. The van der Waals surface area contributed by atoms with Crippen molar-refractivity contribution in [3.8, 4) is 11.1 Å². The summed E-state index contributed by atoms with van der Waals surface area (Å²) < 4.78 is 0. The lowest BCUT2D eigenvalue weighted by Crippen LogP contribution is -2.28. The molecule has 0 saturated carbocycles. The molecule has 0 radical (unpaired) electrons. The molecule has 0 aromatic heterocycles. The monoisotopic (exact) mass is 295 g/mol. The van der Waals surface area contributed by atoms with E-state index >= 15 is 0 Å². The fraction of sp³-hybridized carbons (Fsp3) is 0.400. The Hall–Kier alpha value is -1.64. The fourth-order valence-electron chi connectivity index (χ4n) is 3.30. The summed E-state index contributed by atoms with van der Waals surface area (Å²) in [4.78, 5) is 2.46. The molecule has 1 aliphatic heterocycles. The molecule has 1 heterocycles. The van der Waals surface area contributed by atoms with Gasteiger partial charge in [-0.05, 0) is 48.5 Å². The molecule has 1 N–H and O–H groups in total. The highest BCUT2D eigenvalue weighted by atomic mass is 16.3. The Bertz CT molecular complexity index is 572. The van der Waals surface area contributed by atoms with E-state index in [9.17, 15) is 5.11 Å². The van der Waals surface area contributed by atoms with Crippen LogP contribution in [0.3, 0.4) is 0 Å². The summed E-state index contributed by atoms with van der Waals surface area (Å²) in [5, 5.41) is 10.6. The highest BCUT2D eigenvalue weighted by Crippen LogP contribution is 2.26. The Balaban J connectivity index is 1.66. The molecule has 22 heavy (non-hydrogen) atoms. The quantitative estimate of drug-likeness (QED) is 0.897. The van der Waals surface area contributed by atoms with Crippen LogP contribution in [0.5, 0.6) is 0 Å². The highest BCUT2D eigenvalue weighted by Gasteiger charge is 2.21. The van der Waals surface area contributed by atoms with Crippen LogP contribution in [0, 0.1) is 5.92 Å². The van der Waals surface area contributed by atoms with E-state index in [0.717, 1.165) is 12.1 Å². The number of rotatable bonds is 5. The smallest absolute Gasteiger partial charge is 0.0827 e. The molecule has 0 bridgehead atoms. The second-order valence-electron chi connectivity index (χ2n) is 6.42. The van der Waals surface area contributed by atoms with Crippen LogP contribution in [0.4, 0.5) is 0 Å². The van der Waals surface area contributed by atoms with Gasteiger partial charge in [0, 0.05) is 6.54 Å². The molecule has 3 rings (SSSR count). The SMILES string of the molecule is C[C@H](CN1CCCC1)[C@H](O)c1ccc(-c2ccccc2)cc1. The van der Waals surface area contributed by atoms with Gasteiger partial charge in [-0.3, -0.25) is 0 Å². The molecule has 2 nitrogen and oxygen atoms in total. The zero-order chi connectivity index (χ0) is 15.4. The number of hydrogen-bond donors (Lipinski definition) is 1. The van der Waals surface area contributed by atoms with Gasteiger partial charge < -0.3 is 10.0 Å². The van der Waals surface area contributed by atoms with E-state index in [4.69, 9.17) is 0 Å². The second-order valence-corrected chi connectivity index (χ2v) is 6.42. The van der Waals surface area contributed by atoms with Crippen molar-refractivity contribution in [3.05, 3.63) is 60.2 Å². The van der Waals surface area contributed by atoms with E-state index in [1.807, 2.05) is 6.07 Å². The van der Waals surface area contributed by atoms with E-state index in [2.05, 4.69) is 60.4 Å². The van der Waals surface area contributed by atoms with Crippen molar-refractivity contribution in [1.29, 1.82) is 0 Å². The van der Waals surface area contributed by atoms with Crippen LogP contribution < -0.4 is 0 Å². The molecule has 0 unspecified atom stereocenters. The van der Waals surface area contributed by atoms with Crippen molar-refractivity contribution in [2.45, 2.75) is 25.9 Å². The predicted octanol–water partition coefficient (Wildman–Crippen LogP) is 4.12. The number of hydrogen-bond acceptors (Lipinski definition) is 2. The van der Waals surface area contributed by atoms with Gasteiger partial charge in [-0.15, -0.1) is 0 Å². The third kappa shape index (κ3) is 3.57. The van der Waals surface area contributed by atoms with Crippen LogP contribution in [0.15, 0.2) is 54.6 Å². The summed E-state index contributed by atoms with van der Waals surface area (Å²) in [5.74, 6) is 0.265. The minimum Gasteiger partial charge on any atom is -0.388 e. The van der Waals surface area contributed by atoms with Gasteiger partial charge in [0.2, 0.25) is 0 Å². The van der Waals surface area contributed by atoms with Crippen LogP contribution >= 0.6 is 0 Å². The zero-order valence-electron chi connectivity index (χ0n) is 13.3. The molecule has 0 amide bonds. The first-order chi connectivity index (χ1) is 10.7. The standard InChI is InChI=1S/C20H25NO/c1-16(15-21-13-5-6-14-21)20(22)19-11-9-18(10-12-19)17-7-3-2-4-8-17/h2-4,7-12,16,20,22H,5-6,13-15H2,1H3/t16-,20+/m1/s1. The van der Waals surface area contributed by atoms with Gasteiger partial charge in [0.25, 0.3) is 0 Å². The summed E-state index contributed by atoms with van der Waals surface area (Å²) in [6.07, 6.45) is 2.22. The Morgan fingerprint density at radius 1 is 0.909 bits per heavy atom. The Morgan fingerprint density at radius 2 is 1.50 bits per heavy atom. The fourth-order valence-corrected chi connectivity index (χ4v) is 3.30. The third-order valence-electron chi connectivity index (χ3n) is 4.64. The maximum atomic E-state index is 10.6. The third-order valence-corrected chi connectivity index (χ3v) is 4.64. The van der Waals surface area contributed by atoms with Crippen molar-refractivity contribution in [3.63, 3.8) is 0 Å². The van der Waals surface area contributed by atoms with E-state index in [1.165, 1.54) is 37.1 Å². The van der Waals surface area contributed by atoms with Gasteiger partial charge in [-0.2, -0.15) is 0 Å². The number of aliphatic hydroxyl groups is 1. The maximum absolute atomic E-state index is 10.6. The van der Waals surface area contributed by atoms with E-state index in [1.54, 1.807) is 0 Å². The molecular weight excluding hydrogens is 270 g/mol. The summed E-state index contributed by atoms with van der Waals surface area (Å²) in [5.41, 5.74) is 3.43. The lowest BCUT2D eigenvalue weighted by atomic mass is 9.95. The van der Waals surface area contributed by atoms with Crippen LogP contribution in [0.2, 0.25) is 0 Å². The Kier molecular flexibility index (Phi) is 4.91. The summed E-state index contributed by atoms with van der Waals surface area (Å²) in [6.45, 7) is 5.50. The number of nitrogens with zero attached hydrogens (tertiary/aromatic N) is 1. The molecule has 2 aromatic rings. The average Bonchev–Trinajstić information content (AvgIpc) is 3.08. The first-order valence-corrected chi connectivity index (χ1v) is 8.30. The van der Waals surface area contributed by atoms with Gasteiger partial charge in [0.05, 0.1) is 6.10 Å². The first kappa shape index (κ1) is 15.3. The number of aliphatic hydroxyl groups excluding tert-OH is 1. The number of likely N-dealkylation sites (tertiary alicyclic amines) is 1. The molecule has 116 valence electrons. The van der Waals surface area contributed by atoms with Crippen LogP contribution in [0.25, 0.3) is 11.1 Å². The van der Waals surface area contributed by atoms with Crippen molar-refractivity contribution >= 4 is 0 Å². The molecule has 0 spiro atoms. The van der Waals surface area contributed by atoms with Crippen molar-refractivity contribution in [2.24, 2.45) is 5.92 Å². The zero-order valence-corrected chi connectivity index (χ0v) is 13.3. The van der Waals surface area contributed by atoms with Gasteiger partial charge >= 0.3 is 0 Å².